The highest BCUT2D eigenvalue weighted by molar-refractivity contribution is 4.90. The van der Waals surface area contributed by atoms with E-state index in [1.807, 2.05) is 0 Å². The van der Waals surface area contributed by atoms with Crippen molar-refractivity contribution < 1.29 is 13.2 Å². The first kappa shape index (κ1) is 13.8. The summed E-state index contributed by atoms with van der Waals surface area (Å²) in [6.45, 7) is 9.96. The van der Waals surface area contributed by atoms with E-state index in [-0.39, 0.29) is 0 Å². The molecule has 1 atom stereocenters. The van der Waals surface area contributed by atoms with Crippen molar-refractivity contribution in [2.24, 2.45) is 5.41 Å². The van der Waals surface area contributed by atoms with Crippen LogP contribution in [-0.2, 0) is 0 Å². The number of halogens is 3. The largest absolute Gasteiger partial charge is 0.404 e. The predicted octanol–water partition coefficient (Wildman–Crippen LogP) is 3.35. The van der Waals surface area contributed by atoms with Gasteiger partial charge in [0.2, 0.25) is 0 Å². The van der Waals surface area contributed by atoms with Crippen molar-refractivity contribution in [1.29, 1.82) is 0 Å². The number of alkyl halides is 3. The second kappa shape index (κ2) is 3.72. The molecule has 0 rings (SSSR count). The van der Waals surface area contributed by atoms with Crippen molar-refractivity contribution in [3.8, 4) is 0 Å². The normalized spacial score (nSPS) is 16.9. The Kier molecular flexibility index (Phi) is 3.65. The summed E-state index contributed by atoms with van der Waals surface area (Å²) < 4.78 is 38.1. The maximum atomic E-state index is 12.7. The Balaban J connectivity index is 4.78. The lowest BCUT2D eigenvalue weighted by atomic mass is 9.85. The van der Waals surface area contributed by atoms with Gasteiger partial charge in [-0.15, -0.1) is 0 Å². The quantitative estimate of drug-likeness (QED) is 0.701. The topological polar surface area (TPSA) is 12.0 Å². The van der Waals surface area contributed by atoms with Crippen molar-refractivity contribution in [3.63, 3.8) is 0 Å². The lowest BCUT2D eigenvalue weighted by molar-refractivity contribution is -0.182. The van der Waals surface area contributed by atoms with Crippen LogP contribution in [0.5, 0.6) is 0 Å². The van der Waals surface area contributed by atoms with Crippen molar-refractivity contribution in [1.82, 2.24) is 5.32 Å². The molecule has 1 nitrogen and oxygen atoms in total. The zero-order chi connectivity index (χ0) is 11.8. The molecule has 0 radical (unpaired) electrons. The van der Waals surface area contributed by atoms with Crippen LogP contribution in [0.1, 0.15) is 41.5 Å². The molecule has 1 unspecified atom stereocenters. The molecule has 86 valence electrons. The Morgan fingerprint density at radius 2 is 1.21 bits per heavy atom. The number of rotatable bonds is 1. The predicted molar refractivity (Wildman–Crippen MR) is 52.2 cm³/mol. The molecule has 1 N–H and O–H groups in total. The Labute approximate surface area is 84.1 Å². The van der Waals surface area contributed by atoms with Crippen LogP contribution in [0.15, 0.2) is 0 Å². The first-order valence-corrected chi connectivity index (χ1v) is 4.68. The van der Waals surface area contributed by atoms with Crippen LogP contribution in [0.3, 0.4) is 0 Å². The van der Waals surface area contributed by atoms with Gasteiger partial charge in [-0.05, 0) is 26.2 Å². The lowest BCUT2D eigenvalue weighted by Gasteiger charge is -2.38. The maximum Gasteiger partial charge on any atom is 0.404 e. The summed E-state index contributed by atoms with van der Waals surface area (Å²) in [6.07, 6.45) is -4.20. The van der Waals surface area contributed by atoms with E-state index in [0.717, 1.165) is 0 Å². The molecule has 0 spiro atoms. The van der Waals surface area contributed by atoms with Crippen LogP contribution < -0.4 is 5.32 Å². The fraction of sp³-hybridized carbons (Fsp3) is 1.00. The molecule has 0 aliphatic heterocycles. The van der Waals surface area contributed by atoms with E-state index in [1.54, 1.807) is 41.5 Å². The Hall–Kier alpha value is -0.250. The van der Waals surface area contributed by atoms with E-state index in [1.165, 1.54) is 0 Å². The molecule has 0 amide bonds. The minimum atomic E-state index is -4.20. The Morgan fingerprint density at radius 1 is 0.857 bits per heavy atom. The molecule has 0 aliphatic carbocycles. The number of nitrogens with one attached hydrogen (secondary N) is 1. The van der Waals surface area contributed by atoms with Crippen LogP contribution in [0.2, 0.25) is 0 Å². The lowest BCUT2D eigenvalue weighted by Crippen LogP contribution is -2.57. The van der Waals surface area contributed by atoms with E-state index in [4.69, 9.17) is 0 Å². The zero-order valence-corrected chi connectivity index (χ0v) is 9.71. The van der Waals surface area contributed by atoms with Crippen LogP contribution in [0, 0.1) is 5.41 Å². The average Bonchev–Trinajstić information content (AvgIpc) is 1.75. The van der Waals surface area contributed by atoms with Crippen LogP contribution in [0.25, 0.3) is 0 Å². The van der Waals surface area contributed by atoms with E-state index < -0.39 is 23.2 Å². The fourth-order valence-electron chi connectivity index (χ4n) is 1.22. The molecule has 0 fully saturated rings. The standard InChI is InChI=1S/C10H20F3N/c1-8(2,3)7(10(11,12)13)14-9(4,5)6/h7,14H,1-6H3. The van der Waals surface area contributed by atoms with Gasteiger partial charge in [-0.2, -0.15) is 13.2 Å². The monoisotopic (exact) mass is 211 g/mol. The van der Waals surface area contributed by atoms with Gasteiger partial charge in [0.25, 0.3) is 0 Å². The number of hydrogen-bond donors (Lipinski definition) is 1. The van der Waals surface area contributed by atoms with Crippen molar-refractivity contribution in [2.75, 3.05) is 0 Å². The highest BCUT2D eigenvalue weighted by Gasteiger charge is 2.47. The summed E-state index contributed by atoms with van der Waals surface area (Å²) >= 11 is 0. The van der Waals surface area contributed by atoms with Crippen LogP contribution in [-0.4, -0.2) is 17.8 Å². The molecule has 0 aromatic carbocycles. The highest BCUT2D eigenvalue weighted by atomic mass is 19.4. The van der Waals surface area contributed by atoms with E-state index in [9.17, 15) is 13.2 Å². The van der Waals surface area contributed by atoms with Crippen molar-refractivity contribution in [3.05, 3.63) is 0 Å². The Morgan fingerprint density at radius 3 is 1.29 bits per heavy atom. The molecule has 0 aromatic rings. The first-order chi connectivity index (χ1) is 5.84. The van der Waals surface area contributed by atoms with E-state index in [2.05, 4.69) is 5.32 Å². The minimum absolute atomic E-state index is 0.534. The molecule has 0 saturated carbocycles. The fourth-order valence-corrected chi connectivity index (χ4v) is 1.22. The SMILES string of the molecule is CC(C)(C)NC(C(C)(C)C)C(F)(F)F. The van der Waals surface area contributed by atoms with Crippen LogP contribution in [0.4, 0.5) is 13.2 Å². The third-order valence-electron chi connectivity index (χ3n) is 1.77. The zero-order valence-electron chi connectivity index (χ0n) is 9.71. The first-order valence-electron chi connectivity index (χ1n) is 4.68. The van der Waals surface area contributed by atoms with Gasteiger partial charge in [0.1, 0.15) is 6.04 Å². The molecular formula is C10H20F3N. The summed E-state index contributed by atoms with van der Waals surface area (Å²) in [5.74, 6) is 0. The van der Waals surface area contributed by atoms with Gasteiger partial charge in [-0.1, -0.05) is 20.8 Å². The molecule has 4 heteroatoms. The van der Waals surface area contributed by atoms with Gasteiger partial charge >= 0.3 is 6.18 Å². The third kappa shape index (κ3) is 4.84. The van der Waals surface area contributed by atoms with Gasteiger partial charge in [0.15, 0.2) is 0 Å². The molecule has 14 heavy (non-hydrogen) atoms. The summed E-state index contributed by atoms with van der Waals surface area (Å²) in [5, 5.41) is 2.61. The molecular weight excluding hydrogens is 191 g/mol. The van der Waals surface area contributed by atoms with Gasteiger partial charge in [0, 0.05) is 5.54 Å². The van der Waals surface area contributed by atoms with Crippen molar-refractivity contribution in [2.45, 2.75) is 59.3 Å². The maximum absolute atomic E-state index is 12.7. The van der Waals surface area contributed by atoms with E-state index >= 15 is 0 Å². The van der Waals surface area contributed by atoms with Gasteiger partial charge in [0.05, 0.1) is 0 Å². The van der Waals surface area contributed by atoms with E-state index in [0.29, 0.717) is 0 Å². The Bertz CT molecular complexity index is 169. The second-order valence-electron chi connectivity index (χ2n) is 5.73. The average molecular weight is 211 g/mol. The smallest absolute Gasteiger partial charge is 0.301 e. The van der Waals surface area contributed by atoms with Crippen LogP contribution >= 0.6 is 0 Å². The molecule has 0 saturated heterocycles. The second-order valence-corrected chi connectivity index (χ2v) is 5.73. The summed E-state index contributed by atoms with van der Waals surface area (Å²) in [7, 11) is 0. The van der Waals surface area contributed by atoms with Gasteiger partial charge in [-0.3, -0.25) is 0 Å². The summed E-state index contributed by atoms with van der Waals surface area (Å²) in [5.41, 5.74) is -1.36. The van der Waals surface area contributed by atoms with Gasteiger partial charge < -0.3 is 5.32 Å². The molecule has 0 aliphatic rings. The molecule has 0 heterocycles. The summed E-state index contributed by atoms with van der Waals surface area (Å²) in [6, 6.07) is -1.48. The molecule has 0 aromatic heterocycles. The molecule has 0 bridgehead atoms. The van der Waals surface area contributed by atoms with Gasteiger partial charge in [-0.25, -0.2) is 0 Å². The number of hydrogen-bond acceptors (Lipinski definition) is 1. The summed E-state index contributed by atoms with van der Waals surface area (Å²) in [4.78, 5) is 0. The van der Waals surface area contributed by atoms with Crippen molar-refractivity contribution >= 4 is 0 Å². The minimum Gasteiger partial charge on any atom is -0.301 e. The highest BCUT2D eigenvalue weighted by Crippen LogP contribution is 2.34. The third-order valence-corrected chi connectivity index (χ3v) is 1.77.